The van der Waals surface area contributed by atoms with Crippen LogP contribution in [0.25, 0.3) is 22.3 Å². The van der Waals surface area contributed by atoms with Gasteiger partial charge in [-0.25, -0.2) is 9.97 Å². The van der Waals surface area contributed by atoms with E-state index in [4.69, 9.17) is 4.42 Å². The topological polar surface area (TPSA) is 46.6 Å². The first kappa shape index (κ1) is 18.1. The van der Waals surface area contributed by atoms with Crippen molar-refractivity contribution < 1.29 is 17.6 Å². The summed E-state index contributed by atoms with van der Waals surface area (Å²) < 4.78 is 47.5. The Morgan fingerprint density at radius 1 is 1.21 bits per heavy atom. The van der Waals surface area contributed by atoms with E-state index in [1.54, 1.807) is 36.0 Å². The molecule has 4 aromatic heterocycles. The maximum atomic E-state index is 13.7. The number of hydrogen-bond donors (Lipinski definition) is 0. The first-order chi connectivity index (χ1) is 14.0. The smallest absolute Gasteiger partial charge is 0.420 e. The fourth-order valence-corrected chi connectivity index (χ4v) is 4.19. The third kappa shape index (κ3) is 3.47. The highest BCUT2D eigenvalue weighted by molar-refractivity contribution is 7.10. The third-order valence-corrected chi connectivity index (χ3v) is 5.69. The molecular formula is C20H15F3N4OS. The van der Waals surface area contributed by atoms with Crippen molar-refractivity contribution in [3.8, 4) is 11.1 Å². The van der Waals surface area contributed by atoms with Gasteiger partial charge in [-0.3, -0.25) is 4.90 Å². The predicted octanol–water partition coefficient (Wildman–Crippen LogP) is 4.97. The van der Waals surface area contributed by atoms with Gasteiger partial charge in [0.2, 0.25) is 0 Å². The molecule has 0 spiro atoms. The fourth-order valence-electron chi connectivity index (χ4n) is 3.52. The number of pyridine rings is 1. The molecule has 0 fully saturated rings. The number of aromatic nitrogens is 3. The lowest BCUT2D eigenvalue weighted by molar-refractivity contribution is -0.136. The average molecular weight is 416 g/mol. The summed E-state index contributed by atoms with van der Waals surface area (Å²) in [5.74, 6) is 0. The quantitative estimate of drug-likeness (QED) is 0.471. The third-order valence-electron chi connectivity index (χ3n) is 4.84. The van der Waals surface area contributed by atoms with E-state index < -0.39 is 11.7 Å². The second kappa shape index (κ2) is 6.85. The number of hydrogen-bond acceptors (Lipinski definition) is 5. The number of fused-ring (bicyclic) bond motifs is 1. The summed E-state index contributed by atoms with van der Waals surface area (Å²) in [5, 5.41) is 2.91. The van der Waals surface area contributed by atoms with E-state index in [0.29, 0.717) is 29.9 Å². The van der Waals surface area contributed by atoms with Crippen LogP contribution < -0.4 is 0 Å². The van der Waals surface area contributed by atoms with Crippen molar-refractivity contribution in [2.75, 3.05) is 13.1 Å². The molecule has 0 saturated heterocycles. The van der Waals surface area contributed by atoms with Crippen LogP contribution in [-0.2, 0) is 12.7 Å². The van der Waals surface area contributed by atoms with Gasteiger partial charge in [0.15, 0.2) is 0 Å². The number of furan rings is 1. The zero-order valence-corrected chi connectivity index (χ0v) is 15.9. The molecule has 5 nitrogen and oxygen atoms in total. The largest absolute Gasteiger partial charge is 0.472 e. The van der Waals surface area contributed by atoms with E-state index in [9.17, 15) is 13.2 Å². The molecule has 4 aromatic rings. The normalized spacial score (nSPS) is 15.3. The summed E-state index contributed by atoms with van der Waals surface area (Å²) in [7, 11) is 0. The van der Waals surface area contributed by atoms with Crippen LogP contribution in [0.4, 0.5) is 13.2 Å². The maximum absolute atomic E-state index is 13.7. The summed E-state index contributed by atoms with van der Waals surface area (Å²) in [6.07, 6.45) is 5.54. The number of rotatable bonds is 4. The Bertz CT molecular complexity index is 1180. The first-order valence-corrected chi connectivity index (χ1v) is 9.78. The second-order valence-corrected chi connectivity index (χ2v) is 7.75. The molecule has 0 saturated carbocycles. The summed E-state index contributed by atoms with van der Waals surface area (Å²) in [4.78, 5) is 10.7. The SMILES string of the molecule is FC(F)(F)c1cc(-c2ccoc2)cn2cc(CN3CC=C(c4nccs4)C3)nc12. The Hall–Kier alpha value is -2.91. The molecule has 0 aromatic carbocycles. The van der Waals surface area contributed by atoms with Gasteiger partial charge in [0.25, 0.3) is 0 Å². The molecule has 0 amide bonds. The van der Waals surface area contributed by atoms with Gasteiger partial charge in [0.1, 0.15) is 10.7 Å². The summed E-state index contributed by atoms with van der Waals surface area (Å²) >= 11 is 1.58. The highest BCUT2D eigenvalue weighted by Crippen LogP contribution is 2.35. The minimum atomic E-state index is -4.50. The van der Waals surface area contributed by atoms with Crippen molar-refractivity contribution in [1.29, 1.82) is 0 Å². The van der Waals surface area contributed by atoms with Gasteiger partial charge in [-0.2, -0.15) is 13.2 Å². The molecule has 0 atom stereocenters. The highest BCUT2D eigenvalue weighted by Gasteiger charge is 2.35. The summed E-state index contributed by atoms with van der Waals surface area (Å²) in [6, 6.07) is 2.75. The number of imidazole rings is 1. The molecule has 0 N–H and O–H groups in total. The number of nitrogens with zero attached hydrogens (tertiary/aromatic N) is 4. The van der Waals surface area contributed by atoms with Gasteiger partial charge in [-0.05, 0) is 17.7 Å². The van der Waals surface area contributed by atoms with Crippen LogP contribution in [0.3, 0.4) is 0 Å². The minimum absolute atomic E-state index is 0.0907. The summed E-state index contributed by atoms with van der Waals surface area (Å²) in [5.41, 5.74) is 1.90. The lowest BCUT2D eigenvalue weighted by Crippen LogP contribution is -2.20. The average Bonchev–Trinajstić information content (AvgIpc) is 3.45. The Morgan fingerprint density at radius 2 is 2.10 bits per heavy atom. The van der Waals surface area contributed by atoms with Crippen LogP contribution in [0.1, 0.15) is 16.3 Å². The van der Waals surface area contributed by atoms with Crippen LogP contribution in [-0.4, -0.2) is 32.4 Å². The van der Waals surface area contributed by atoms with Crippen molar-refractivity contribution in [2.45, 2.75) is 12.7 Å². The molecule has 1 aliphatic heterocycles. The van der Waals surface area contributed by atoms with Crippen molar-refractivity contribution in [1.82, 2.24) is 19.3 Å². The van der Waals surface area contributed by atoms with E-state index in [1.807, 2.05) is 5.38 Å². The Morgan fingerprint density at radius 3 is 2.83 bits per heavy atom. The van der Waals surface area contributed by atoms with Gasteiger partial charge < -0.3 is 8.82 Å². The zero-order chi connectivity index (χ0) is 20.0. The van der Waals surface area contributed by atoms with Gasteiger partial charge >= 0.3 is 6.18 Å². The van der Waals surface area contributed by atoms with Gasteiger partial charge in [-0.1, -0.05) is 6.08 Å². The molecule has 0 radical (unpaired) electrons. The lowest BCUT2D eigenvalue weighted by Gasteiger charge is -2.13. The molecule has 5 rings (SSSR count). The standard InChI is InChI=1S/C20H15F3N4OS/c21-20(22,23)17-7-15(14-2-5-28-12-14)9-27-11-16(25-18(17)27)10-26-4-1-13(8-26)19-24-3-6-29-19/h1-3,5-7,9,11-12H,4,8,10H2. The summed E-state index contributed by atoms with van der Waals surface area (Å²) in [6.45, 7) is 1.88. The Kier molecular flexibility index (Phi) is 4.29. The van der Waals surface area contributed by atoms with Crippen molar-refractivity contribution in [3.63, 3.8) is 0 Å². The van der Waals surface area contributed by atoms with Crippen molar-refractivity contribution >= 4 is 22.6 Å². The number of alkyl halides is 3. The molecule has 1 aliphatic rings. The minimum Gasteiger partial charge on any atom is -0.472 e. The molecule has 0 unspecified atom stereocenters. The van der Waals surface area contributed by atoms with Crippen LogP contribution >= 0.6 is 11.3 Å². The Labute approximate surface area is 167 Å². The number of halogens is 3. The van der Waals surface area contributed by atoms with Crippen LogP contribution in [0, 0.1) is 0 Å². The Balaban J connectivity index is 1.45. The van der Waals surface area contributed by atoms with Crippen molar-refractivity contribution in [2.24, 2.45) is 0 Å². The fraction of sp³-hybridized carbons (Fsp3) is 0.200. The van der Waals surface area contributed by atoms with Crippen molar-refractivity contribution in [3.05, 3.63) is 71.0 Å². The van der Waals surface area contributed by atoms with Gasteiger partial charge in [0.05, 0.1) is 23.8 Å². The molecule has 0 bridgehead atoms. The van der Waals surface area contributed by atoms with Crippen LogP contribution in [0.5, 0.6) is 0 Å². The van der Waals surface area contributed by atoms with E-state index in [0.717, 1.165) is 23.2 Å². The molecule has 9 heteroatoms. The van der Waals surface area contributed by atoms with Gasteiger partial charge in [-0.15, -0.1) is 11.3 Å². The molecule has 0 aliphatic carbocycles. The molecule has 29 heavy (non-hydrogen) atoms. The van der Waals surface area contributed by atoms with E-state index in [2.05, 4.69) is 20.9 Å². The monoisotopic (exact) mass is 416 g/mol. The number of thiazole rings is 1. The van der Waals surface area contributed by atoms with E-state index >= 15 is 0 Å². The zero-order valence-electron chi connectivity index (χ0n) is 15.1. The maximum Gasteiger partial charge on any atom is 0.420 e. The van der Waals surface area contributed by atoms with E-state index in [-0.39, 0.29) is 5.65 Å². The molecule has 148 valence electrons. The van der Waals surface area contributed by atoms with E-state index in [1.165, 1.54) is 16.9 Å². The first-order valence-electron chi connectivity index (χ1n) is 8.90. The van der Waals surface area contributed by atoms with Crippen LogP contribution in [0.15, 0.2) is 59.1 Å². The van der Waals surface area contributed by atoms with Gasteiger partial charge in [0, 0.05) is 54.7 Å². The lowest BCUT2D eigenvalue weighted by atomic mass is 10.1. The molecular weight excluding hydrogens is 401 g/mol. The van der Waals surface area contributed by atoms with Crippen LogP contribution in [0.2, 0.25) is 0 Å². The molecule has 5 heterocycles. The predicted molar refractivity (Wildman–Crippen MR) is 103 cm³/mol. The highest BCUT2D eigenvalue weighted by atomic mass is 32.1. The second-order valence-electron chi connectivity index (χ2n) is 6.85.